The molecule has 0 amide bonds. The van der Waals surface area contributed by atoms with Crippen LogP contribution in [0.25, 0.3) is 0 Å². The van der Waals surface area contributed by atoms with Crippen LogP contribution in [0.4, 0.5) is 0 Å². The second-order valence-electron chi connectivity index (χ2n) is 3.69. The topological polar surface area (TPSA) is 36.9 Å². The van der Waals surface area contributed by atoms with Gasteiger partial charge in [-0.1, -0.05) is 13.8 Å². The monoisotopic (exact) mass is 220 g/mol. The molecule has 0 rings (SSSR count). The van der Waals surface area contributed by atoms with Gasteiger partial charge in [-0.25, -0.2) is 0 Å². The molecule has 4 nitrogen and oxygen atoms in total. The molecular weight excluding hydrogens is 196 g/mol. The summed E-state index contributed by atoms with van der Waals surface area (Å²) in [5.41, 5.74) is 0. The molecule has 0 fully saturated rings. The second-order valence-corrected chi connectivity index (χ2v) is 3.69. The molecular formula is C11H24O4. The minimum Gasteiger partial charge on any atom is -0.382 e. The molecule has 0 spiro atoms. The van der Waals surface area contributed by atoms with Crippen molar-refractivity contribution >= 4 is 0 Å². The van der Waals surface area contributed by atoms with E-state index in [1.54, 1.807) is 7.11 Å². The number of methoxy groups -OCH3 is 1. The summed E-state index contributed by atoms with van der Waals surface area (Å²) >= 11 is 0. The fraction of sp³-hybridized carbons (Fsp3) is 1.00. The lowest BCUT2D eigenvalue weighted by molar-refractivity contribution is 0.000211. The molecule has 0 aliphatic carbocycles. The van der Waals surface area contributed by atoms with Gasteiger partial charge in [0.05, 0.1) is 39.6 Å². The van der Waals surface area contributed by atoms with Crippen LogP contribution in [0.15, 0.2) is 0 Å². The number of rotatable bonds is 11. The van der Waals surface area contributed by atoms with Crippen molar-refractivity contribution in [2.75, 3.05) is 53.4 Å². The third-order valence-electron chi connectivity index (χ3n) is 1.63. The van der Waals surface area contributed by atoms with Crippen molar-refractivity contribution in [1.29, 1.82) is 0 Å². The lowest BCUT2D eigenvalue weighted by Crippen LogP contribution is -2.12. The van der Waals surface area contributed by atoms with Gasteiger partial charge in [0.1, 0.15) is 0 Å². The Morgan fingerprint density at radius 2 is 1.20 bits per heavy atom. The third kappa shape index (κ3) is 13.8. The van der Waals surface area contributed by atoms with Gasteiger partial charge in [-0.15, -0.1) is 0 Å². The van der Waals surface area contributed by atoms with Crippen molar-refractivity contribution in [2.24, 2.45) is 5.92 Å². The zero-order valence-electron chi connectivity index (χ0n) is 10.2. The Bertz CT molecular complexity index is 117. The average molecular weight is 220 g/mol. The molecule has 0 aliphatic heterocycles. The van der Waals surface area contributed by atoms with Crippen molar-refractivity contribution < 1.29 is 18.9 Å². The molecule has 0 heterocycles. The van der Waals surface area contributed by atoms with Crippen LogP contribution in [0.5, 0.6) is 0 Å². The molecule has 0 radical (unpaired) electrons. The van der Waals surface area contributed by atoms with Crippen LogP contribution in [0, 0.1) is 5.92 Å². The standard InChI is InChI=1S/C11H24O4/c1-11(2)10-15-9-8-14-7-6-13-5-4-12-3/h11H,4-10H2,1-3H3. The Labute approximate surface area is 92.8 Å². The highest BCUT2D eigenvalue weighted by Gasteiger charge is 1.94. The average Bonchev–Trinajstić information content (AvgIpc) is 2.20. The molecule has 92 valence electrons. The predicted molar refractivity (Wildman–Crippen MR) is 59.2 cm³/mol. The molecule has 0 bridgehead atoms. The lowest BCUT2D eigenvalue weighted by atomic mass is 10.2. The molecule has 0 aromatic rings. The fourth-order valence-corrected chi connectivity index (χ4v) is 0.901. The molecule has 0 saturated carbocycles. The molecule has 15 heavy (non-hydrogen) atoms. The fourth-order valence-electron chi connectivity index (χ4n) is 0.901. The second kappa shape index (κ2) is 11.9. The van der Waals surface area contributed by atoms with Crippen molar-refractivity contribution in [3.63, 3.8) is 0 Å². The first-order valence-electron chi connectivity index (χ1n) is 5.49. The van der Waals surface area contributed by atoms with Gasteiger partial charge in [-0.3, -0.25) is 0 Å². The molecule has 0 atom stereocenters. The van der Waals surface area contributed by atoms with Gasteiger partial charge in [0, 0.05) is 13.7 Å². The summed E-state index contributed by atoms with van der Waals surface area (Å²) in [7, 11) is 1.66. The SMILES string of the molecule is COCCOCCOCCOCC(C)C. The summed E-state index contributed by atoms with van der Waals surface area (Å²) < 4.78 is 20.7. The number of hydrogen-bond acceptors (Lipinski definition) is 4. The van der Waals surface area contributed by atoms with Crippen molar-refractivity contribution in [3.8, 4) is 0 Å². The molecule has 0 aliphatic rings. The van der Waals surface area contributed by atoms with Crippen molar-refractivity contribution in [3.05, 3.63) is 0 Å². The van der Waals surface area contributed by atoms with Gasteiger partial charge in [0.2, 0.25) is 0 Å². The van der Waals surface area contributed by atoms with Crippen LogP contribution in [-0.4, -0.2) is 53.4 Å². The van der Waals surface area contributed by atoms with Crippen LogP contribution in [0.1, 0.15) is 13.8 Å². The molecule has 0 unspecified atom stereocenters. The maximum atomic E-state index is 5.35. The first-order chi connectivity index (χ1) is 7.27. The van der Waals surface area contributed by atoms with Gasteiger partial charge in [-0.05, 0) is 5.92 Å². The van der Waals surface area contributed by atoms with Crippen LogP contribution in [0.2, 0.25) is 0 Å². The van der Waals surface area contributed by atoms with Gasteiger partial charge in [0.25, 0.3) is 0 Å². The van der Waals surface area contributed by atoms with Gasteiger partial charge < -0.3 is 18.9 Å². The quantitative estimate of drug-likeness (QED) is 0.492. The predicted octanol–water partition coefficient (Wildman–Crippen LogP) is 1.34. The highest BCUT2D eigenvalue weighted by molar-refractivity contribution is 4.39. The summed E-state index contributed by atoms with van der Waals surface area (Å²) in [4.78, 5) is 0. The van der Waals surface area contributed by atoms with Crippen LogP contribution >= 0.6 is 0 Å². The van der Waals surface area contributed by atoms with E-state index in [2.05, 4.69) is 13.8 Å². The van der Waals surface area contributed by atoms with E-state index >= 15 is 0 Å². The van der Waals surface area contributed by atoms with Crippen LogP contribution in [-0.2, 0) is 18.9 Å². The first kappa shape index (κ1) is 14.8. The largest absolute Gasteiger partial charge is 0.382 e. The Hall–Kier alpha value is -0.160. The summed E-state index contributed by atoms with van der Waals surface area (Å²) in [6, 6.07) is 0. The van der Waals surface area contributed by atoms with Crippen molar-refractivity contribution in [2.45, 2.75) is 13.8 Å². The van der Waals surface area contributed by atoms with E-state index in [-0.39, 0.29) is 0 Å². The molecule has 0 aromatic heterocycles. The molecule has 0 N–H and O–H groups in total. The summed E-state index contributed by atoms with van der Waals surface area (Å²) in [5.74, 6) is 0.586. The smallest absolute Gasteiger partial charge is 0.0701 e. The van der Waals surface area contributed by atoms with E-state index in [0.717, 1.165) is 6.61 Å². The summed E-state index contributed by atoms with van der Waals surface area (Å²) in [6.45, 7) is 8.86. The van der Waals surface area contributed by atoms with Gasteiger partial charge in [0.15, 0.2) is 0 Å². The first-order valence-corrected chi connectivity index (χ1v) is 5.49. The van der Waals surface area contributed by atoms with E-state index in [1.165, 1.54) is 0 Å². The van der Waals surface area contributed by atoms with E-state index < -0.39 is 0 Å². The van der Waals surface area contributed by atoms with E-state index in [1.807, 2.05) is 0 Å². The van der Waals surface area contributed by atoms with Gasteiger partial charge in [-0.2, -0.15) is 0 Å². The number of ether oxygens (including phenoxy) is 4. The van der Waals surface area contributed by atoms with Gasteiger partial charge >= 0.3 is 0 Å². The minimum atomic E-state index is 0.586. The molecule has 0 aromatic carbocycles. The lowest BCUT2D eigenvalue weighted by Gasteiger charge is -2.07. The maximum absolute atomic E-state index is 5.35. The molecule has 0 saturated heterocycles. The third-order valence-corrected chi connectivity index (χ3v) is 1.63. The van der Waals surface area contributed by atoms with E-state index in [0.29, 0.717) is 45.6 Å². The van der Waals surface area contributed by atoms with Crippen LogP contribution < -0.4 is 0 Å². The van der Waals surface area contributed by atoms with Crippen LogP contribution in [0.3, 0.4) is 0 Å². The Kier molecular flexibility index (Phi) is 11.8. The normalized spacial score (nSPS) is 11.2. The van der Waals surface area contributed by atoms with Crippen molar-refractivity contribution in [1.82, 2.24) is 0 Å². The summed E-state index contributed by atoms with van der Waals surface area (Å²) in [6.07, 6.45) is 0. The highest BCUT2D eigenvalue weighted by Crippen LogP contribution is 1.91. The zero-order valence-corrected chi connectivity index (χ0v) is 10.2. The Morgan fingerprint density at radius 1 is 0.733 bits per heavy atom. The Balaban J connectivity index is 2.87. The highest BCUT2D eigenvalue weighted by atomic mass is 16.6. The minimum absolute atomic E-state index is 0.586. The van der Waals surface area contributed by atoms with E-state index in [4.69, 9.17) is 18.9 Å². The zero-order chi connectivity index (χ0) is 11.4. The maximum Gasteiger partial charge on any atom is 0.0701 e. The number of hydrogen-bond donors (Lipinski definition) is 0. The van der Waals surface area contributed by atoms with E-state index in [9.17, 15) is 0 Å². The summed E-state index contributed by atoms with van der Waals surface area (Å²) in [5, 5.41) is 0. The Morgan fingerprint density at radius 3 is 1.67 bits per heavy atom. The molecule has 4 heteroatoms.